The molecule has 2 unspecified atom stereocenters. The maximum absolute atomic E-state index is 12.8. The summed E-state index contributed by atoms with van der Waals surface area (Å²) in [6, 6.07) is 8.30. The van der Waals surface area contributed by atoms with Crippen molar-refractivity contribution in [2.45, 2.75) is 38.6 Å². The van der Waals surface area contributed by atoms with E-state index in [1.807, 2.05) is 42.4 Å². The molecule has 1 aromatic heterocycles. The van der Waals surface area contributed by atoms with Crippen molar-refractivity contribution in [2.24, 2.45) is 5.92 Å². The molecular weight excluding hydrogens is 248 g/mol. The van der Waals surface area contributed by atoms with Gasteiger partial charge in [0.05, 0.1) is 11.1 Å². The van der Waals surface area contributed by atoms with Gasteiger partial charge in [0.15, 0.2) is 0 Å². The van der Waals surface area contributed by atoms with Crippen LogP contribution in [0.4, 0.5) is 0 Å². The lowest BCUT2D eigenvalue weighted by Gasteiger charge is -2.36. The van der Waals surface area contributed by atoms with Gasteiger partial charge in [0.25, 0.3) is 5.91 Å². The maximum atomic E-state index is 12.8. The monoisotopic (exact) mass is 270 g/mol. The van der Waals surface area contributed by atoms with Crippen LogP contribution in [0.3, 0.4) is 0 Å². The van der Waals surface area contributed by atoms with Crippen LogP contribution in [0.2, 0.25) is 0 Å². The summed E-state index contributed by atoms with van der Waals surface area (Å²) >= 11 is 0. The van der Waals surface area contributed by atoms with E-state index in [-0.39, 0.29) is 5.91 Å². The van der Waals surface area contributed by atoms with Crippen LogP contribution in [0.1, 0.15) is 43.0 Å². The first-order chi connectivity index (χ1) is 9.68. The molecule has 106 valence electrons. The minimum absolute atomic E-state index is 0.136. The van der Waals surface area contributed by atoms with Crippen LogP contribution in [-0.4, -0.2) is 28.9 Å². The Hall–Kier alpha value is -1.77. The molecule has 0 saturated heterocycles. The van der Waals surface area contributed by atoms with Crippen LogP contribution in [-0.2, 0) is 0 Å². The predicted octanol–water partition coefficient (Wildman–Crippen LogP) is 3.82. The van der Waals surface area contributed by atoms with Gasteiger partial charge < -0.3 is 9.88 Å². The first kappa shape index (κ1) is 13.2. The maximum Gasteiger partial charge on any atom is 0.255 e. The van der Waals surface area contributed by atoms with Crippen molar-refractivity contribution in [1.29, 1.82) is 0 Å². The molecule has 1 aliphatic carbocycles. The number of fused-ring (bicyclic) bond motifs is 1. The van der Waals surface area contributed by atoms with Crippen molar-refractivity contribution in [2.75, 3.05) is 7.05 Å². The number of para-hydroxylation sites is 1. The molecule has 1 aromatic carbocycles. The Balaban J connectivity index is 1.89. The molecule has 2 aromatic rings. The van der Waals surface area contributed by atoms with Crippen molar-refractivity contribution in [1.82, 2.24) is 9.88 Å². The van der Waals surface area contributed by atoms with Gasteiger partial charge in [-0.15, -0.1) is 0 Å². The van der Waals surface area contributed by atoms with Crippen LogP contribution in [0.5, 0.6) is 0 Å². The lowest BCUT2D eigenvalue weighted by atomic mass is 9.85. The molecule has 3 nitrogen and oxygen atoms in total. The number of carbonyl (C=O) groups is 1. The quantitative estimate of drug-likeness (QED) is 0.884. The molecule has 0 aliphatic heterocycles. The molecule has 0 spiro atoms. The Kier molecular flexibility index (Phi) is 3.51. The Morgan fingerprint density at radius 3 is 2.85 bits per heavy atom. The summed E-state index contributed by atoms with van der Waals surface area (Å²) in [6.45, 7) is 2.27. The highest BCUT2D eigenvalue weighted by Gasteiger charge is 2.29. The van der Waals surface area contributed by atoms with Gasteiger partial charge in [0.1, 0.15) is 0 Å². The zero-order valence-electron chi connectivity index (χ0n) is 12.2. The van der Waals surface area contributed by atoms with E-state index in [2.05, 4.69) is 11.9 Å². The topological polar surface area (TPSA) is 36.1 Å². The third-order valence-corrected chi connectivity index (χ3v) is 4.70. The predicted molar refractivity (Wildman–Crippen MR) is 81.8 cm³/mol. The summed E-state index contributed by atoms with van der Waals surface area (Å²) in [7, 11) is 1.95. The van der Waals surface area contributed by atoms with Gasteiger partial charge in [-0.05, 0) is 30.9 Å². The molecule has 0 radical (unpaired) electrons. The highest BCUT2D eigenvalue weighted by atomic mass is 16.2. The van der Waals surface area contributed by atoms with Crippen LogP contribution in [0.25, 0.3) is 10.9 Å². The van der Waals surface area contributed by atoms with Crippen LogP contribution in [0, 0.1) is 5.92 Å². The van der Waals surface area contributed by atoms with Crippen molar-refractivity contribution < 1.29 is 4.79 Å². The number of carbonyl (C=O) groups excluding carboxylic acids is 1. The number of aromatic amines is 1. The fourth-order valence-electron chi connectivity index (χ4n) is 3.48. The third kappa shape index (κ3) is 2.21. The van der Waals surface area contributed by atoms with E-state index in [0.717, 1.165) is 22.9 Å². The molecule has 20 heavy (non-hydrogen) atoms. The molecule has 1 aliphatic rings. The highest BCUT2D eigenvalue weighted by molar-refractivity contribution is 6.05. The number of hydrogen-bond acceptors (Lipinski definition) is 1. The summed E-state index contributed by atoms with van der Waals surface area (Å²) in [5.74, 6) is 0.734. The van der Waals surface area contributed by atoms with Crippen molar-refractivity contribution >= 4 is 16.8 Å². The number of hydrogen-bond donors (Lipinski definition) is 1. The summed E-state index contributed by atoms with van der Waals surface area (Å²) in [6.07, 6.45) is 6.79. The van der Waals surface area contributed by atoms with Gasteiger partial charge in [-0.3, -0.25) is 4.79 Å². The summed E-state index contributed by atoms with van der Waals surface area (Å²) in [4.78, 5) is 18.0. The Morgan fingerprint density at radius 2 is 2.05 bits per heavy atom. The average molecular weight is 270 g/mol. The minimum Gasteiger partial charge on any atom is -0.361 e. The van der Waals surface area contributed by atoms with Gasteiger partial charge in [-0.25, -0.2) is 0 Å². The van der Waals surface area contributed by atoms with Crippen molar-refractivity contribution in [3.05, 3.63) is 36.0 Å². The lowest BCUT2D eigenvalue weighted by Crippen LogP contribution is -2.42. The van der Waals surface area contributed by atoms with Crippen LogP contribution < -0.4 is 0 Å². The second-order valence-corrected chi connectivity index (χ2v) is 5.99. The number of amides is 1. The Bertz CT molecular complexity index is 616. The summed E-state index contributed by atoms with van der Waals surface area (Å²) in [5.41, 5.74) is 1.74. The zero-order valence-corrected chi connectivity index (χ0v) is 12.2. The molecular formula is C17H22N2O. The van der Waals surface area contributed by atoms with E-state index in [9.17, 15) is 4.79 Å². The van der Waals surface area contributed by atoms with Gasteiger partial charge in [0.2, 0.25) is 0 Å². The molecule has 2 atom stereocenters. The van der Waals surface area contributed by atoms with E-state index in [4.69, 9.17) is 0 Å². The van der Waals surface area contributed by atoms with Gasteiger partial charge in [-0.1, -0.05) is 31.9 Å². The molecule has 1 N–H and O–H groups in total. The molecule has 1 heterocycles. The highest BCUT2D eigenvalue weighted by Crippen LogP contribution is 2.29. The number of nitrogens with zero attached hydrogens (tertiary/aromatic N) is 1. The average Bonchev–Trinajstić information content (AvgIpc) is 2.94. The normalized spacial score (nSPS) is 22.9. The zero-order chi connectivity index (χ0) is 14.1. The fourth-order valence-corrected chi connectivity index (χ4v) is 3.48. The van der Waals surface area contributed by atoms with Crippen LogP contribution >= 0.6 is 0 Å². The van der Waals surface area contributed by atoms with Gasteiger partial charge in [-0.2, -0.15) is 0 Å². The Labute approximate surface area is 120 Å². The number of benzene rings is 1. The van der Waals surface area contributed by atoms with Crippen molar-refractivity contribution in [3.8, 4) is 0 Å². The molecule has 1 amide bonds. The summed E-state index contributed by atoms with van der Waals surface area (Å²) < 4.78 is 0. The van der Waals surface area contributed by atoms with E-state index >= 15 is 0 Å². The second kappa shape index (κ2) is 5.31. The largest absolute Gasteiger partial charge is 0.361 e. The third-order valence-electron chi connectivity index (χ3n) is 4.70. The smallest absolute Gasteiger partial charge is 0.255 e. The molecule has 1 saturated carbocycles. The number of aromatic nitrogens is 1. The summed E-state index contributed by atoms with van der Waals surface area (Å²) in [5, 5.41) is 1.10. The molecule has 0 bridgehead atoms. The minimum atomic E-state index is 0.136. The van der Waals surface area contributed by atoms with E-state index in [1.54, 1.807) is 0 Å². The number of H-pyrrole nitrogens is 1. The van der Waals surface area contributed by atoms with E-state index in [1.165, 1.54) is 19.3 Å². The SMILES string of the molecule is CC1CCCCC1N(C)C(=O)c1cccc2cc[nH]c12. The molecule has 3 rings (SSSR count). The van der Waals surface area contributed by atoms with E-state index in [0.29, 0.717) is 12.0 Å². The lowest BCUT2D eigenvalue weighted by molar-refractivity contribution is 0.0631. The number of rotatable bonds is 2. The van der Waals surface area contributed by atoms with Gasteiger partial charge in [0, 0.05) is 24.7 Å². The van der Waals surface area contributed by atoms with Crippen molar-refractivity contribution in [3.63, 3.8) is 0 Å². The van der Waals surface area contributed by atoms with Gasteiger partial charge >= 0.3 is 0 Å². The fraction of sp³-hybridized carbons (Fsp3) is 0.471. The first-order valence-corrected chi connectivity index (χ1v) is 7.52. The number of nitrogens with one attached hydrogen (secondary N) is 1. The first-order valence-electron chi connectivity index (χ1n) is 7.52. The molecule has 1 fully saturated rings. The Morgan fingerprint density at radius 1 is 1.25 bits per heavy atom. The second-order valence-electron chi connectivity index (χ2n) is 5.99. The standard InChI is InChI=1S/C17H22N2O/c1-12-6-3-4-9-15(12)19(2)17(20)14-8-5-7-13-10-11-18-16(13)14/h5,7-8,10-12,15,18H,3-4,6,9H2,1-2H3. The van der Waals surface area contributed by atoms with Crippen LogP contribution in [0.15, 0.2) is 30.5 Å². The molecule has 3 heteroatoms. The van der Waals surface area contributed by atoms with E-state index < -0.39 is 0 Å².